The van der Waals surface area contributed by atoms with Gasteiger partial charge in [0.1, 0.15) is 6.23 Å². The zero-order chi connectivity index (χ0) is 36.7. The Morgan fingerprint density at radius 1 is 0.640 bits per heavy atom. The standard InChI is InChI=1S/C44H87N3O3/c1-6-8-10-12-17-23-30-42-40(28-21-11-9-7-2)33-34-41(43(42)31-24-18-14-19-25-35-45-39(5)48)29-22-16-13-15-20-27-37(3)38(4)47-44(49)32-26-36-46-50/h37-43,45,48H,6-36H2,1-5H3,(H,47,49). The van der Waals surface area contributed by atoms with Crippen molar-refractivity contribution < 1.29 is 9.90 Å². The fraction of sp³-hybridized carbons (Fsp3) is 0.977. The molecule has 7 atom stereocenters. The maximum Gasteiger partial charge on any atom is 0.220 e. The lowest BCUT2D eigenvalue weighted by atomic mass is 9.61. The first kappa shape index (κ1) is 47.0. The average molecular weight is 706 g/mol. The Hall–Kier alpha value is -1.01. The molecule has 7 unspecified atom stereocenters. The van der Waals surface area contributed by atoms with E-state index in [0.29, 0.717) is 18.8 Å². The summed E-state index contributed by atoms with van der Waals surface area (Å²) in [6.45, 7) is 12.0. The molecule has 0 heterocycles. The Balaban J connectivity index is 2.63. The van der Waals surface area contributed by atoms with E-state index >= 15 is 0 Å². The van der Waals surface area contributed by atoms with Crippen LogP contribution in [0.2, 0.25) is 0 Å². The molecule has 6 nitrogen and oxygen atoms in total. The summed E-state index contributed by atoms with van der Waals surface area (Å²) < 4.78 is 0. The number of rotatable bonds is 35. The highest BCUT2D eigenvalue weighted by Gasteiger charge is 2.37. The third-order valence-electron chi connectivity index (χ3n) is 12.3. The molecule has 3 N–H and O–H groups in total. The highest BCUT2D eigenvalue weighted by atomic mass is 16.3. The van der Waals surface area contributed by atoms with E-state index in [1.807, 2.05) is 6.92 Å². The van der Waals surface area contributed by atoms with Crippen molar-refractivity contribution in [3.8, 4) is 0 Å². The SMILES string of the molecule is CCCCCCCCC1C(CCCCCC)CCC(CCCCCCCC(C)C(C)NC(=O)CCCN=O)C1CCCCCCCNC(C)O. The van der Waals surface area contributed by atoms with E-state index in [1.54, 1.807) is 0 Å². The molecule has 0 aromatic heterocycles. The molecule has 1 aliphatic rings. The largest absolute Gasteiger partial charge is 0.379 e. The van der Waals surface area contributed by atoms with Crippen molar-refractivity contribution in [1.29, 1.82) is 0 Å². The van der Waals surface area contributed by atoms with Crippen LogP contribution >= 0.6 is 0 Å². The van der Waals surface area contributed by atoms with Crippen LogP contribution in [0, 0.1) is 34.5 Å². The second kappa shape index (κ2) is 32.6. The van der Waals surface area contributed by atoms with Gasteiger partial charge in [-0.15, -0.1) is 0 Å². The number of aliphatic hydroxyl groups is 1. The van der Waals surface area contributed by atoms with Gasteiger partial charge >= 0.3 is 0 Å². The Bertz CT molecular complexity index is 778. The van der Waals surface area contributed by atoms with Gasteiger partial charge in [-0.3, -0.25) is 10.1 Å². The molecule has 50 heavy (non-hydrogen) atoms. The quantitative estimate of drug-likeness (QED) is 0.0348. The normalized spacial score (nSPS) is 21.2. The first-order valence-corrected chi connectivity index (χ1v) is 22.3. The second-order valence-corrected chi connectivity index (χ2v) is 16.7. The third kappa shape index (κ3) is 24.3. The van der Waals surface area contributed by atoms with Gasteiger partial charge in [0.25, 0.3) is 0 Å². The van der Waals surface area contributed by atoms with Crippen LogP contribution < -0.4 is 10.6 Å². The summed E-state index contributed by atoms with van der Waals surface area (Å²) in [4.78, 5) is 22.4. The predicted octanol–water partition coefficient (Wildman–Crippen LogP) is 12.7. The van der Waals surface area contributed by atoms with E-state index < -0.39 is 0 Å². The number of nitroso groups, excluding NO2 is 1. The van der Waals surface area contributed by atoms with Crippen molar-refractivity contribution in [2.45, 2.75) is 233 Å². The number of carbonyl (C=O) groups is 1. The molecule has 296 valence electrons. The smallest absolute Gasteiger partial charge is 0.220 e. The molecule has 1 fully saturated rings. The Morgan fingerprint density at radius 3 is 1.62 bits per heavy atom. The summed E-state index contributed by atoms with van der Waals surface area (Å²) in [5.41, 5.74) is 0. The van der Waals surface area contributed by atoms with Crippen molar-refractivity contribution in [3.05, 3.63) is 4.91 Å². The van der Waals surface area contributed by atoms with Gasteiger partial charge in [-0.1, -0.05) is 161 Å². The number of nitrogens with one attached hydrogen (secondary N) is 2. The fourth-order valence-electron chi connectivity index (χ4n) is 8.94. The van der Waals surface area contributed by atoms with Gasteiger partial charge in [0.15, 0.2) is 0 Å². The van der Waals surface area contributed by atoms with Gasteiger partial charge in [-0.05, 0) is 94.9 Å². The minimum atomic E-state index is -0.389. The van der Waals surface area contributed by atoms with E-state index in [-0.39, 0.29) is 24.7 Å². The molecule has 0 radical (unpaired) electrons. The van der Waals surface area contributed by atoms with E-state index in [1.165, 1.54) is 173 Å². The van der Waals surface area contributed by atoms with Gasteiger partial charge < -0.3 is 10.4 Å². The number of hydrogen-bond donors (Lipinski definition) is 3. The number of aliphatic hydroxyl groups excluding tert-OH is 1. The highest BCUT2D eigenvalue weighted by molar-refractivity contribution is 5.76. The van der Waals surface area contributed by atoms with Crippen molar-refractivity contribution in [1.82, 2.24) is 10.6 Å². The van der Waals surface area contributed by atoms with Crippen LogP contribution in [0.1, 0.15) is 221 Å². The van der Waals surface area contributed by atoms with Crippen LogP contribution in [0.5, 0.6) is 0 Å². The number of hydrogen-bond acceptors (Lipinski definition) is 5. The Labute approximate surface area is 311 Å². The van der Waals surface area contributed by atoms with Crippen molar-refractivity contribution in [2.75, 3.05) is 13.1 Å². The molecular formula is C44H87N3O3. The predicted molar refractivity (Wildman–Crippen MR) is 216 cm³/mol. The van der Waals surface area contributed by atoms with Gasteiger partial charge in [-0.2, -0.15) is 4.91 Å². The molecule has 1 rings (SSSR count). The molecule has 0 spiro atoms. The van der Waals surface area contributed by atoms with Crippen LogP contribution in [0.15, 0.2) is 5.18 Å². The van der Waals surface area contributed by atoms with Crippen LogP contribution in [0.4, 0.5) is 0 Å². The minimum absolute atomic E-state index is 0.0486. The number of carbonyl (C=O) groups excluding carboxylic acids is 1. The minimum Gasteiger partial charge on any atom is -0.379 e. The highest BCUT2D eigenvalue weighted by Crippen LogP contribution is 2.47. The Kier molecular flexibility index (Phi) is 30.7. The van der Waals surface area contributed by atoms with Crippen LogP contribution in [0.3, 0.4) is 0 Å². The van der Waals surface area contributed by atoms with Gasteiger partial charge in [0, 0.05) is 12.5 Å². The van der Waals surface area contributed by atoms with Crippen molar-refractivity contribution >= 4 is 5.91 Å². The summed E-state index contributed by atoms with van der Waals surface area (Å²) in [5.74, 6) is 4.34. The Morgan fingerprint density at radius 2 is 1.10 bits per heavy atom. The van der Waals surface area contributed by atoms with E-state index in [0.717, 1.165) is 30.2 Å². The third-order valence-corrected chi connectivity index (χ3v) is 12.3. The molecule has 1 amide bonds. The fourth-order valence-corrected chi connectivity index (χ4v) is 8.94. The molecule has 0 aromatic rings. The van der Waals surface area contributed by atoms with Crippen LogP contribution in [0.25, 0.3) is 0 Å². The molecule has 6 heteroatoms. The first-order chi connectivity index (χ1) is 24.3. The summed E-state index contributed by atoms with van der Waals surface area (Å²) in [7, 11) is 0. The molecule has 1 saturated carbocycles. The van der Waals surface area contributed by atoms with Gasteiger partial charge in [0.05, 0.1) is 6.54 Å². The maximum atomic E-state index is 12.1. The summed E-state index contributed by atoms with van der Waals surface area (Å²) in [6, 6.07) is 0.182. The molecule has 0 saturated heterocycles. The molecular weight excluding hydrogens is 619 g/mol. The summed E-state index contributed by atoms with van der Waals surface area (Å²) in [6.07, 6.45) is 38.0. The zero-order valence-electron chi connectivity index (χ0n) is 34.2. The molecule has 0 bridgehead atoms. The second-order valence-electron chi connectivity index (χ2n) is 16.7. The molecule has 0 aliphatic heterocycles. The maximum absolute atomic E-state index is 12.1. The van der Waals surface area contributed by atoms with Crippen LogP contribution in [-0.4, -0.2) is 36.4 Å². The number of amides is 1. The molecule has 1 aliphatic carbocycles. The monoisotopic (exact) mass is 706 g/mol. The summed E-state index contributed by atoms with van der Waals surface area (Å²) >= 11 is 0. The molecule has 0 aromatic carbocycles. The zero-order valence-corrected chi connectivity index (χ0v) is 34.2. The van der Waals surface area contributed by atoms with E-state index in [4.69, 9.17) is 0 Å². The first-order valence-electron chi connectivity index (χ1n) is 22.3. The summed E-state index contributed by atoms with van der Waals surface area (Å²) in [5, 5.41) is 18.6. The lowest BCUT2D eigenvalue weighted by Gasteiger charge is -2.44. The van der Waals surface area contributed by atoms with Gasteiger partial charge in [0.2, 0.25) is 5.91 Å². The lowest BCUT2D eigenvalue weighted by Crippen LogP contribution is -2.37. The van der Waals surface area contributed by atoms with Gasteiger partial charge in [-0.25, -0.2) is 0 Å². The van der Waals surface area contributed by atoms with E-state index in [9.17, 15) is 14.8 Å². The lowest BCUT2D eigenvalue weighted by molar-refractivity contribution is -0.122. The van der Waals surface area contributed by atoms with E-state index in [2.05, 4.69) is 43.5 Å². The van der Waals surface area contributed by atoms with Crippen molar-refractivity contribution in [2.24, 2.45) is 34.8 Å². The topological polar surface area (TPSA) is 90.8 Å². The van der Waals surface area contributed by atoms with Crippen molar-refractivity contribution in [3.63, 3.8) is 0 Å². The number of nitrogens with zero attached hydrogens (tertiary/aromatic N) is 1. The average Bonchev–Trinajstić information content (AvgIpc) is 3.09. The number of unbranched alkanes of at least 4 members (excludes halogenated alkanes) is 16. The van der Waals surface area contributed by atoms with Crippen LogP contribution in [-0.2, 0) is 4.79 Å².